The summed E-state index contributed by atoms with van der Waals surface area (Å²) in [5, 5.41) is 3.92. The average molecular weight is 781 g/mol. The molecule has 0 radical (unpaired) electrons. The molecule has 298 valence electrons. The average Bonchev–Trinajstić information content (AvgIpc) is 3.25. The van der Waals surface area contributed by atoms with Crippen molar-refractivity contribution in [3.8, 4) is 44.9 Å². The van der Waals surface area contributed by atoms with E-state index in [-0.39, 0.29) is 34.5 Å². The Morgan fingerprint density at radius 2 is 0.772 bits per heavy atom. The molecule has 0 aliphatic carbocycles. The van der Waals surface area contributed by atoms with Gasteiger partial charge in [0.15, 0.2) is 0 Å². The Bertz CT molecular complexity index is 2360. The van der Waals surface area contributed by atoms with Crippen LogP contribution in [0, 0.1) is 0 Å². The van der Waals surface area contributed by atoms with Crippen molar-refractivity contribution in [2.75, 3.05) is 0 Å². The summed E-state index contributed by atoms with van der Waals surface area (Å²) >= 11 is 0. The van der Waals surface area contributed by atoms with Gasteiger partial charge in [0.05, 0.1) is 0 Å². The monoisotopic (exact) mass is 780 g/mol. The summed E-state index contributed by atoms with van der Waals surface area (Å²) in [5.74, 6) is 1.44. The van der Waals surface area contributed by atoms with Crippen LogP contribution in [0.25, 0.3) is 54.9 Å². The molecule has 7 rings (SSSR count). The summed E-state index contributed by atoms with van der Waals surface area (Å²) < 4.78 is 27.8. The highest BCUT2D eigenvalue weighted by Crippen LogP contribution is 2.63. The highest BCUT2D eigenvalue weighted by atomic mass is 31.2. The Hall–Kier alpha value is -4.37. The summed E-state index contributed by atoms with van der Waals surface area (Å²) in [7, 11) is -4.77. The molecule has 1 heterocycles. The SMILES string of the molecule is CC(C)c1cc(C(C)(C)C)cc(C(C)C)c1-c1cc2ccccc2c2c1OP(=O)(O)Oc1c(-c3c(C(C)C)cc(C(C)(C)C)cc3C(C)C)cc3ccccc3c1-2. The number of phosphoric ester groups is 1. The fourth-order valence-corrected chi connectivity index (χ4v) is 9.53. The van der Waals surface area contributed by atoms with Gasteiger partial charge in [-0.25, -0.2) is 4.57 Å². The molecule has 0 unspecified atom stereocenters. The first kappa shape index (κ1) is 40.8. The van der Waals surface area contributed by atoms with Crippen LogP contribution in [-0.2, 0) is 15.4 Å². The van der Waals surface area contributed by atoms with Crippen molar-refractivity contribution in [1.82, 2.24) is 0 Å². The van der Waals surface area contributed by atoms with Gasteiger partial charge >= 0.3 is 7.82 Å². The predicted molar refractivity (Wildman–Crippen MR) is 243 cm³/mol. The third kappa shape index (κ3) is 7.34. The smallest absolute Gasteiger partial charge is 0.394 e. The molecule has 0 atom stereocenters. The van der Waals surface area contributed by atoms with Gasteiger partial charge in [-0.05, 0) is 113 Å². The van der Waals surface area contributed by atoms with Gasteiger partial charge in [0, 0.05) is 22.3 Å². The van der Waals surface area contributed by atoms with Crippen LogP contribution in [-0.4, -0.2) is 4.89 Å². The van der Waals surface area contributed by atoms with Crippen molar-refractivity contribution >= 4 is 29.4 Å². The maximum Gasteiger partial charge on any atom is 0.584 e. The Morgan fingerprint density at radius 1 is 0.474 bits per heavy atom. The van der Waals surface area contributed by atoms with E-state index in [0.29, 0.717) is 11.5 Å². The van der Waals surface area contributed by atoms with Crippen molar-refractivity contribution < 1.29 is 18.5 Å². The van der Waals surface area contributed by atoms with Gasteiger partial charge in [0.25, 0.3) is 0 Å². The van der Waals surface area contributed by atoms with Gasteiger partial charge in [0.1, 0.15) is 11.5 Å². The van der Waals surface area contributed by atoms with Crippen LogP contribution in [0.2, 0.25) is 0 Å². The standard InChI is InChI=1S/C52H61O4P/c1-29(2)39-25-35(51(9,10)11)26-40(30(3)4)45(39)43-23-33-19-15-17-21-37(33)47-48-38-22-18-16-20-34(38)24-44(50(48)56-57(53,54)55-49(43)47)46-41(31(5)6)27-36(52(12,13)14)28-42(46)32(7)8/h15-32H,1-14H3,(H,53,54). The Kier molecular flexibility index (Phi) is 10.4. The molecule has 4 nitrogen and oxygen atoms in total. The van der Waals surface area contributed by atoms with E-state index < -0.39 is 7.82 Å². The van der Waals surface area contributed by atoms with Crippen molar-refractivity contribution in [1.29, 1.82) is 0 Å². The molecule has 0 aromatic heterocycles. The molecule has 5 heteroatoms. The second kappa shape index (κ2) is 14.5. The van der Waals surface area contributed by atoms with E-state index in [9.17, 15) is 9.46 Å². The zero-order chi connectivity index (χ0) is 41.5. The van der Waals surface area contributed by atoms with Crippen molar-refractivity contribution in [3.05, 3.63) is 118 Å². The zero-order valence-electron chi connectivity index (χ0n) is 36.5. The van der Waals surface area contributed by atoms with Crippen LogP contribution in [0.1, 0.15) is 154 Å². The molecule has 6 aromatic rings. The summed E-state index contributed by atoms with van der Waals surface area (Å²) in [4.78, 5) is 12.1. The second-order valence-electron chi connectivity index (χ2n) is 19.5. The van der Waals surface area contributed by atoms with Crippen LogP contribution < -0.4 is 9.05 Å². The van der Waals surface area contributed by atoms with Crippen LogP contribution in [0.15, 0.2) is 84.9 Å². The van der Waals surface area contributed by atoms with E-state index in [1.807, 2.05) is 12.1 Å². The van der Waals surface area contributed by atoms with Gasteiger partial charge < -0.3 is 9.05 Å². The minimum atomic E-state index is -4.77. The normalized spacial score (nSPS) is 14.3. The van der Waals surface area contributed by atoms with E-state index >= 15 is 0 Å². The van der Waals surface area contributed by atoms with Crippen molar-refractivity contribution in [3.63, 3.8) is 0 Å². The molecule has 57 heavy (non-hydrogen) atoms. The first-order valence-corrected chi connectivity index (χ1v) is 22.3. The molecule has 1 aliphatic rings. The molecule has 1 aliphatic heterocycles. The lowest BCUT2D eigenvalue weighted by Crippen LogP contribution is -2.14. The summed E-state index contributed by atoms with van der Waals surface area (Å²) in [6.07, 6.45) is 0. The number of hydrogen-bond donors (Lipinski definition) is 1. The molecule has 0 saturated heterocycles. The molecular formula is C52H61O4P. The largest absolute Gasteiger partial charge is 0.584 e. The quantitative estimate of drug-likeness (QED) is 0.171. The molecule has 0 spiro atoms. The van der Waals surface area contributed by atoms with Gasteiger partial charge in [-0.1, -0.05) is 170 Å². The third-order valence-corrected chi connectivity index (χ3v) is 12.7. The van der Waals surface area contributed by atoms with Gasteiger partial charge in [-0.2, -0.15) is 0 Å². The van der Waals surface area contributed by atoms with Gasteiger partial charge in [-0.3, -0.25) is 4.89 Å². The molecule has 1 N–H and O–H groups in total. The number of phosphoric acid groups is 1. The van der Waals surface area contributed by atoms with E-state index in [1.54, 1.807) is 0 Å². The topological polar surface area (TPSA) is 55.8 Å². The maximum atomic E-state index is 14.8. The minimum Gasteiger partial charge on any atom is -0.394 e. The zero-order valence-corrected chi connectivity index (χ0v) is 37.4. The van der Waals surface area contributed by atoms with Crippen LogP contribution in [0.4, 0.5) is 0 Å². The van der Waals surface area contributed by atoms with Crippen molar-refractivity contribution in [2.24, 2.45) is 0 Å². The highest BCUT2D eigenvalue weighted by molar-refractivity contribution is 7.48. The fourth-order valence-electron chi connectivity index (χ4n) is 8.65. The highest BCUT2D eigenvalue weighted by Gasteiger charge is 2.39. The van der Waals surface area contributed by atoms with Gasteiger partial charge in [-0.15, -0.1) is 0 Å². The lowest BCUT2D eigenvalue weighted by atomic mass is 9.76. The first-order valence-electron chi connectivity index (χ1n) is 20.8. The minimum absolute atomic E-state index is 0.0692. The molecule has 0 fully saturated rings. The molecule has 0 bridgehead atoms. The summed E-state index contributed by atoms with van der Waals surface area (Å²) in [6, 6.07) is 30.4. The Labute approximate surface area is 341 Å². The number of rotatable bonds is 6. The molecule has 6 aromatic carbocycles. The van der Waals surface area contributed by atoms with E-state index in [4.69, 9.17) is 9.05 Å². The lowest BCUT2D eigenvalue weighted by molar-refractivity contribution is 0.295. The lowest BCUT2D eigenvalue weighted by Gasteiger charge is -2.29. The van der Waals surface area contributed by atoms with E-state index in [1.165, 1.54) is 33.4 Å². The fraction of sp³-hybridized carbons (Fsp3) is 0.385. The van der Waals surface area contributed by atoms with Crippen LogP contribution in [0.3, 0.4) is 0 Å². The van der Waals surface area contributed by atoms with Crippen molar-refractivity contribution in [2.45, 2.75) is 131 Å². The maximum absolute atomic E-state index is 14.8. The van der Waals surface area contributed by atoms with Crippen LogP contribution >= 0.6 is 7.82 Å². The van der Waals surface area contributed by atoms with Crippen LogP contribution in [0.5, 0.6) is 11.5 Å². The summed E-state index contributed by atoms with van der Waals surface area (Å²) in [6.45, 7) is 31.4. The molecular weight excluding hydrogens is 720 g/mol. The predicted octanol–water partition coefficient (Wildman–Crippen LogP) is 16.0. The number of fused-ring (bicyclic) bond motifs is 7. The third-order valence-electron chi connectivity index (χ3n) is 11.8. The first-order chi connectivity index (χ1) is 26.6. The van der Waals surface area contributed by atoms with Gasteiger partial charge in [0.2, 0.25) is 0 Å². The number of hydrogen-bond acceptors (Lipinski definition) is 3. The van der Waals surface area contributed by atoms with E-state index in [0.717, 1.165) is 54.9 Å². The van der Waals surface area contributed by atoms with E-state index in [2.05, 4.69) is 170 Å². The Balaban J connectivity index is 1.73. The summed E-state index contributed by atoms with van der Waals surface area (Å²) in [5.41, 5.74) is 12.4. The molecule has 0 saturated carbocycles. The molecule has 0 amide bonds. The second-order valence-corrected chi connectivity index (χ2v) is 20.8. The number of benzene rings is 6. The Morgan fingerprint density at radius 3 is 1.05 bits per heavy atom.